The molecule has 0 unspecified atom stereocenters. The molecule has 0 aliphatic carbocycles. The fraction of sp³-hybridized carbons (Fsp3) is 0.211. The van der Waals surface area contributed by atoms with Crippen LogP contribution >= 0.6 is 11.3 Å². The molecule has 3 heterocycles. The number of likely N-dealkylation sites (tertiary alicyclic amines) is 1. The summed E-state index contributed by atoms with van der Waals surface area (Å²) < 4.78 is 26.7. The predicted molar refractivity (Wildman–Crippen MR) is 101 cm³/mol. The molecule has 5 rings (SSSR count). The Morgan fingerprint density at radius 2 is 2.07 bits per heavy atom. The van der Waals surface area contributed by atoms with Gasteiger partial charge >= 0.3 is 5.76 Å². The van der Waals surface area contributed by atoms with Crippen LogP contribution in [0.4, 0.5) is 4.39 Å². The van der Waals surface area contributed by atoms with E-state index in [-0.39, 0.29) is 24.4 Å². The molecule has 1 aliphatic rings. The van der Waals surface area contributed by atoms with Gasteiger partial charge in [-0.25, -0.2) is 9.18 Å². The highest BCUT2D eigenvalue weighted by Crippen LogP contribution is 2.31. The van der Waals surface area contributed by atoms with Crippen LogP contribution in [0.25, 0.3) is 21.3 Å². The third-order valence-corrected chi connectivity index (χ3v) is 5.60. The Labute approximate surface area is 161 Å². The minimum Gasteiger partial charge on any atom is -0.463 e. The molecule has 0 bridgehead atoms. The first-order chi connectivity index (χ1) is 13.6. The highest BCUT2D eigenvalue weighted by atomic mass is 32.1. The monoisotopic (exact) mass is 399 g/mol. The molecule has 1 fully saturated rings. The van der Waals surface area contributed by atoms with E-state index >= 15 is 0 Å². The van der Waals surface area contributed by atoms with Gasteiger partial charge in [-0.05, 0) is 24.3 Å². The van der Waals surface area contributed by atoms with Gasteiger partial charge in [-0.1, -0.05) is 29.5 Å². The Morgan fingerprint density at radius 1 is 1.25 bits per heavy atom. The van der Waals surface area contributed by atoms with Crippen LogP contribution in [0.3, 0.4) is 0 Å². The molecule has 0 N–H and O–H groups in total. The number of carbonyl (C=O) groups is 1. The summed E-state index contributed by atoms with van der Waals surface area (Å²) in [5, 5.41) is 0.384. The van der Waals surface area contributed by atoms with Gasteiger partial charge in [0.2, 0.25) is 5.91 Å². The zero-order valence-corrected chi connectivity index (χ0v) is 15.3. The first kappa shape index (κ1) is 16.9. The van der Waals surface area contributed by atoms with Gasteiger partial charge < -0.3 is 14.1 Å². The lowest BCUT2D eigenvalue weighted by Gasteiger charge is -2.38. The van der Waals surface area contributed by atoms with Gasteiger partial charge in [0.05, 0.1) is 23.3 Å². The fourth-order valence-corrected chi connectivity index (χ4v) is 4.10. The summed E-state index contributed by atoms with van der Waals surface area (Å²) in [6.07, 6.45) is -0.203. The number of amides is 1. The lowest BCUT2D eigenvalue weighted by molar-refractivity contribution is -0.140. The summed E-state index contributed by atoms with van der Waals surface area (Å²) in [5.41, 5.74) is 1.33. The summed E-state index contributed by atoms with van der Waals surface area (Å²) in [7, 11) is 0. The Balaban J connectivity index is 1.23. The third-order valence-electron chi connectivity index (χ3n) is 4.69. The van der Waals surface area contributed by atoms with E-state index in [2.05, 4.69) is 4.98 Å². The number of thiazole rings is 1. The van der Waals surface area contributed by atoms with Crippen molar-refractivity contribution in [3.05, 3.63) is 58.8 Å². The molecule has 28 heavy (non-hydrogen) atoms. The minimum atomic E-state index is -0.556. The third kappa shape index (κ3) is 2.84. The number of benzene rings is 2. The number of halogens is 1. The molecule has 0 spiro atoms. The molecule has 1 aliphatic heterocycles. The maximum atomic E-state index is 13.7. The van der Waals surface area contributed by atoms with Crippen molar-refractivity contribution in [2.24, 2.45) is 0 Å². The van der Waals surface area contributed by atoms with Crippen molar-refractivity contribution in [3.8, 4) is 5.19 Å². The van der Waals surface area contributed by atoms with Crippen LogP contribution < -0.4 is 10.5 Å². The van der Waals surface area contributed by atoms with E-state index in [1.54, 1.807) is 41.3 Å². The van der Waals surface area contributed by atoms with E-state index in [1.807, 2.05) is 0 Å². The molecule has 2 aromatic carbocycles. The van der Waals surface area contributed by atoms with Gasteiger partial charge in [0, 0.05) is 0 Å². The lowest BCUT2D eigenvalue weighted by Crippen LogP contribution is -2.57. The van der Waals surface area contributed by atoms with Gasteiger partial charge in [-0.3, -0.25) is 9.36 Å². The fourth-order valence-electron chi connectivity index (χ4n) is 3.20. The first-order valence-corrected chi connectivity index (χ1v) is 9.48. The number of hydrogen-bond donors (Lipinski definition) is 0. The smallest absolute Gasteiger partial charge is 0.420 e. The number of oxazole rings is 1. The number of rotatable bonds is 4. The van der Waals surface area contributed by atoms with E-state index in [4.69, 9.17) is 9.15 Å². The molecule has 0 saturated carbocycles. The van der Waals surface area contributed by atoms with Crippen molar-refractivity contribution in [2.75, 3.05) is 13.1 Å². The van der Waals surface area contributed by atoms with Crippen LogP contribution in [0.2, 0.25) is 0 Å². The Kier molecular flexibility index (Phi) is 3.90. The average molecular weight is 399 g/mol. The lowest BCUT2D eigenvalue weighted by atomic mass is 10.1. The summed E-state index contributed by atoms with van der Waals surface area (Å²) in [6.45, 7) is 0.693. The molecular formula is C19H14FN3O4S. The van der Waals surface area contributed by atoms with Crippen LogP contribution in [-0.2, 0) is 11.3 Å². The van der Waals surface area contributed by atoms with Crippen LogP contribution in [0.1, 0.15) is 0 Å². The Bertz CT molecular complexity index is 1260. The van der Waals surface area contributed by atoms with Crippen LogP contribution in [0.5, 0.6) is 5.19 Å². The van der Waals surface area contributed by atoms with E-state index in [9.17, 15) is 14.0 Å². The molecule has 7 nitrogen and oxygen atoms in total. The maximum Gasteiger partial charge on any atom is 0.420 e. The second-order valence-corrected chi connectivity index (χ2v) is 7.52. The maximum absolute atomic E-state index is 13.7. The second-order valence-electron chi connectivity index (χ2n) is 6.53. The molecule has 142 valence electrons. The molecule has 0 atom stereocenters. The minimum absolute atomic E-state index is 0.0884. The summed E-state index contributed by atoms with van der Waals surface area (Å²) in [6, 6.07) is 11.7. The van der Waals surface area contributed by atoms with Gasteiger partial charge in [-0.2, -0.15) is 4.98 Å². The SMILES string of the molecule is O=C(Cn1c(=O)oc2ccccc21)N1CC(Oc2nc3c(F)cccc3s2)C1. The van der Waals surface area contributed by atoms with Gasteiger partial charge in [-0.15, -0.1) is 0 Å². The number of hydrogen-bond acceptors (Lipinski definition) is 6. The van der Waals surface area contributed by atoms with Gasteiger partial charge in [0.15, 0.2) is 5.58 Å². The van der Waals surface area contributed by atoms with E-state index in [1.165, 1.54) is 22.0 Å². The second kappa shape index (κ2) is 6.45. The van der Waals surface area contributed by atoms with Crippen LogP contribution in [-0.4, -0.2) is 39.6 Å². The van der Waals surface area contributed by atoms with Gasteiger partial charge in [0.1, 0.15) is 24.0 Å². The summed E-state index contributed by atoms with van der Waals surface area (Å²) >= 11 is 1.27. The van der Waals surface area contributed by atoms with Crippen LogP contribution in [0, 0.1) is 5.82 Å². The van der Waals surface area contributed by atoms with Crippen molar-refractivity contribution in [1.29, 1.82) is 0 Å². The number of ether oxygens (including phenoxy) is 1. The number of fused-ring (bicyclic) bond motifs is 2. The molecule has 9 heteroatoms. The largest absolute Gasteiger partial charge is 0.463 e. The van der Waals surface area contributed by atoms with E-state index in [0.29, 0.717) is 39.6 Å². The molecule has 1 saturated heterocycles. The number of para-hydroxylation sites is 3. The van der Waals surface area contributed by atoms with Crippen molar-refractivity contribution in [2.45, 2.75) is 12.6 Å². The van der Waals surface area contributed by atoms with Crippen molar-refractivity contribution < 1.29 is 18.3 Å². The molecular weight excluding hydrogens is 385 g/mol. The van der Waals surface area contributed by atoms with Gasteiger partial charge in [0.25, 0.3) is 5.19 Å². The predicted octanol–water partition coefficient (Wildman–Crippen LogP) is 2.63. The number of nitrogens with zero attached hydrogens (tertiary/aromatic N) is 3. The molecule has 0 radical (unpaired) electrons. The highest BCUT2D eigenvalue weighted by Gasteiger charge is 2.33. The average Bonchev–Trinajstić information content (AvgIpc) is 3.20. The zero-order chi connectivity index (χ0) is 19.3. The zero-order valence-electron chi connectivity index (χ0n) is 14.5. The normalized spacial score (nSPS) is 14.5. The van der Waals surface area contributed by atoms with Crippen LogP contribution in [0.15, 0.2) is 51.7 Å². The summed E-state index contributed by atoms with van der Waals surface area (Å²) in [4.78, 5) is 30.2. The standard InChI is InChI=1S/C19H14FN3O4S/c20-12-4-3-7-15-17(12)21-18(28-15)26-11-8-22(9-11)16(24)10-23-13-5-1-2-6-14(13)27-19(23)25/h1-7,11H,8-10H2. The Hall–Kier alpha value is -3.20. The number of aromatic nitrogens is 2. The topological polar surface area (TPSA) is 77.6 Å². The van der Waals surface area contributed by atoms with E-state index in [0.717, 1.165) is 0 Å². The van der Waals surface area contributed by atoms with Crippen molar-refractivity contribution >= 4 is 38.6 Å². The summed E-state index contributed by atoms with van der Waals surface area (Å²) in [5.74, 6) is -1.13. The van der Waals surface area contributed by atoms with Crippen molar-refractivity contribution in [3.63, 3.8) is 0 Å². The first-order valence-electron chi connectivity index (χ1n) is 8.66. The van der Waals surface area contributed by atoms with Crippen molar-refractivity contribution in [1.82, 2.24) is 14.5 Å². The molecule has 4 aromatic rings. The van der Waals surface area contributed by atoms with E-state index < -0.39 is 5.76 Å². The molecule has 1 amide bonds. The Morgan fingerprint density at radius 3 is 2.89 bits per heavy atom. The highest BCUT2D eigenvalue weighted by molar-refractivity contribution is 7.20. The molecule has 2 aromatic heterocycles. The quantitative estimate of drug-likeness (QED) is 0.527. The number of carbonyl (C=O) groups excluding carboxylic acids is 1.